The van der Waals surface area contributed by atoms with Crippen LogP contribution in [0, 0.1) is 0 Å². The van der Waals surface area contributed by atoms with Gasteiger partial charge in [-0.1, -0.05) is 0 Å². The fourth-order valence-corrected chi connectivity index (χ4v) is 2.69. The maximum absolute atomic E-state index is 5.54. The molecule has 0 unspecified atom stereocenters. The second kappa shape index (κ2) is 5.03. The number of hydrogen-bond acceptors (Lipinski definition) is 7. The molecule has 0 aromatic carbocycles. The first kappa shape index (κ1) is 11.6. The zero-order chi connectivity index (χ0) is 12.4. The fraction of sp³-hybridized carbons (Fsp3) is 0.545. The van der Waals surface area contributed by atoms with E-state index >= 15 is 0 Å². The molecule has 1 fully saturated rings. The van der Waals surface area contributed by atoms with Gasteiger partial charge in [-0.2, -0.15) is 4.98 Å². The minimum absolute atomic E-state index is 0.442. The molecule has 1 saturated heterocycles. The van der Waals surface area contributed by atoms with Crippen molar-refractivity contribution in [3.8, 4) is 11.6 Å². The summed E-state index contributed by atoms with van der Waals surface area (Å²) in [6.45, 7) is 2.45. The van der Waals surface area contributed by atoms with Crippen molar-refractivity contribution in [3.05, 3.63) is 10.4 Å². The van der Waals surface area contributed by atoms with Crippen LogP contribution in [0.2, 0.25) is 0 Å². The topological polar surface area (TPSA) is 81.1 Å². The molecular formula is C11H15N5OS. The molecule has 3 rings (SSSR count). The number of rotatable bonds is 3. The number of hydrogen-bond donors (Lipinski definition) is 1. The average Bonchev–Trinajstić information content (AvgIpc) is 3.08. The maximum atomic E-state index is 5.54. The molecule has 2 aromatic heterocycles. The third-order valence-electron chi connectivity index (χ3n) is 3.00. The Kier molecular flexibility index (Phi) is 3.24. The van der Waals surface area contributed by atoms with Crippen LogP contribution >= 0.6 is 11.3 Å². The summed E-state index contributed by atoms with van der Waals surface area (Å²) in [5.74, 6) is 1.15. The Morgan fingerprint density at radius 3 is 2.83 bits per heavy atom. The van der Waals surface area contributed by atoms with Gasteiger partial charge in [0.2, 0.25) is 0 Å². The molecule has 1 aliphatic rings. The lowest BCUT2D eigenvalue weighted by Gasteiger charge is -2.24. The molecular weight excluding hydrogens is 250 g/mol. The van der Waals surface area contributed by atoms with Gasteiger partial charge in [0.15, 0.2) is 0 Å². The molecule has 18 heavy (non-hydrogen) atoms. The van der Waals surface area contributed by atoms with Crippen LogP contribution in [0.5, 0.6) is 0 Å². The minimum Gasteiger partial charge on any atom is -0.338 e. The van der Waals surface area contributed by atoms with Crippen molar-refractivity contribution < 1.29 is 4.52 Å². The van der Waals surface area contributed by atoms with Crippen LogP contribution < -0.4 is 10.6 Å². The van der Waals surface area contributed by atoms with Gasteiger partial charge in [-0.25, -0.2) is 4.98 Å². The van der Waals surface area contributed by atoms with Crippen molar-refractivity contribution in [2.75, 3.05) is 18.0 Å². The molecule has 1 aliphatic heterocycles. The number of nitrogens with zero attached hydrogens (tertiary/aromatic N) is 4. The van der Waals surface area contributed by atoms with Gasteiger partial charge in [0.05, 0.1) is 0 Å². The Labute approximate surface area is 109 Å². The monoisotopic (exact) mass is 265 g/mol. The summed E-state index contributed by atoms with van der Waals surface area (Å²) in [5, 5.41) is 6.80. The number of nitrogens with two attached hydrogens (primary N) is 1. The summed E-state index contributed by atoms with van der Waals surface area (Å²) in [4.78, 5) is 10.9. The van der Waals surface area contributed by atoms with Crippen molar-refractivity contribution in [2.45, 2.75) is 25.8 Å². The molecule has 7 heteroatoms. The zero-order valence-electron chi connectivity index (χ0n) is 10.0. The van der Waals surface area contributed by atoms with Crippen LogP contribution in [-0.4, -0.2) is 28.2 Å². The second-order valence-corrected chi connectivity index (χ2v) is 5.22. The first-order chi connectivity index (χ1) is 8.86. The molecule has 2 N–H and O–H groups in total. The van der Waals surface area contributed by atoms with E-state index in [1.54, 1.807) is 0 Å². The van der Waals surface area contributed by atoms with E-state index in [0.29, 0.717) is 18.4 Å². The van der Waals surface area contributed by atoms with Crippen LogP contribution in [0.3, 0.4) is 0 Å². The summed E-state index contributed by atoms with van der Waals surface area (Å²) in [6, 6.07) is 0. The lowest BCUT2D eigenvalue weighted by molar-refractivity contribution is 0.425. The van der Waals surface area contributed by atoms with Crippen LogP contribution in [0.25, 0.3) is 11.6 Å². The average molecular weight is 265 g/mol. The minimum atomic E-state index is 0.442. The molecule has 0 atom stereocenters. The number of aromatic nitrogens is 3. The van der Waals surface area contributed by atoms with Crippen LogP contribution in [0.15, 0.2) is 9.90 Å². The second-order valence-electron chi connectivity index (χ2n) is 4.28. The Bertz CT molecular complexity index is 517. The molecule has 3 heterocycles. The van der Waals surface area contributed by atoms with Gasteiger partial charge >= 0.3 is 0 Å². The van der Waals surface area contributed by atoms with Gasteiger partial charge in [0.1, 0.15) is 10.7 Å². The summed E-state index contributed by atoms with van der Waals surface area (Å²) < 4.78 is 5.26. The summed E-state index contributed by atoms with van der Waals surface area (Å²) in [6.07, 6.45) is 3.67. The molecule has 2 aromatic rings. The van der Waals surface area contributed by atoms with Gasteiger partial charge in [0.25, 0.3) is 11.8 Å². The van der Waals surface area contributed by atoms with Crippen molar-refractivity contribution in [2.24, 2.45) is 5.73 Å². The lowest BCUT2D eigenvalue weighted by atomic mass is 10.1. The zero-order valence-corrected chi connectivity index (χ0v) is 10.8. The van der Waals surface area contributed by atoms with E-state index in [9.17, 15) is 0 Å². The summed E-state index contributed by atoms with van der Waals surface area (Å²) in [7, 11) is 0. The maximum Gasteiger partial charge on any atom is 0.278 e. The van der Waals surface area contributed by atoms with E-state index in [2.05, 4.69) is 20.0 Å². The quantitative estimate of drug-likeness (QED) is 0.908. The van der Waals surface area contributed by atoms with Gasteiger partial charge in [-0.3, -0.25) is 0 Å². The fourth-order valence-electron chi connectivity index (χ4n) is 2.04. The smallest absolute Gasteiger partial charge is 0.278 e. The van der Waals surface area contributed by atoms with Crippen molar-refractivity contribution >= 4 is 17.3 Å². The van der Waals surface area contributed by atoms with Crippen molar-refractivity contribution in [1.29, 1.82) is 0 Å². The number of anilines is 1. The highest BCUT2D eigenvalue weighted by molar-refractivity contribution is 7.09. The summed E-state index contributed by atoms with van der Waals surface area (Å²) >= 11 is 1.51. The molecule has 0 saturated carbocycles. The van der Waals surface area contributed by atoms with E-state index in [0.717, 1.165) is 23.8 Å². The Morgan fingerprint density at radius 2 is 2.11 bits per heavy atom. The van der Waals surface area contributed by atoms with Gasteiger partial charge in [-0.05, 0) is 24.4 Å². The highest BCUT2D eigenvalue weighted by atomic mass is 32.1. The highest BCUT2D eigenvalue weighted by Gasteiger charge is 2.18. The van der Waals surface area contributed by atoms with E-state index in [1.807, 2.05) is 5.38 Å². The molecule has 0 amide bonds. The normalized spacial score (nSPS) is 16.2. The SMILES string of the molecule is NCc1nc(-c2nc(N3CCCCC3)no2)cs1. The molecule has 96 valence electrons. The van der Waals surface area contributed by atoms with E-state index in [1.165, 1.54) is 30.6 Å². The van der Waals surface area contributed by atoms with E-state index in [4.69, 9.17) is 10.3 Å². The Balaban J connectivity index is 1.79. The van der Waals surface area contributed by atoms with Gasteiger partial charge in [-0.15, -0.1) is 11.3 Å². The predicted octanol–water partition coefficient (Wildman–Crippen LogP) is 1.64. The Morgan fingerprint density at radius 1 is 1.28 bits per heavy atom. The first-order valence-corrected chi connectivity index (χ1v) is 6.98. The Hall–Kier alpha value is -1.47. The van der Waals surface area contributed by atoms with Crippen LogP contribution in [0.1, 0.15) is 24.3 Å². The molecule has 0 bridgehead atoms. The van der Waals surface area contributed by atoms with E-state index < -0.39 is 0 Å². The first-order valence-electron chi connectivity index (χ1n) is 6.10. The van der Waals surface area contributed by atoms with Crippen LogP contribution in [-0.2, 0) is 6.54 Å². The van der Waals surface area contributed by atoms with Crippen LogP contribution in [0.4, 0.5) is 5.95 Å². The van der Waals surface area contributed by atoms with E-state index in [-0.39, 0.29) is 0 Å². The van der Waals surface area contributed by atoms with Crippen molar-refractivity contribution in [1.82, 2.24) is 15.1 Å². The lowest BCUT2D eigenvalue weighted by Crippen LogP contribution is -2.30. The number of thiazole rings is 1. The third kappa shape index (κ3) is 2.23. The molecule has 0 aliphatic carbocycles. The standard InChI is InChI=1S/C11H15N5OS/c12-6-9-13-8(7-18-9)10-14-11(15-17-10)16-4-2-1-3-5-16/h7H,1-6,12H2. The largest absolute Gasteiger partial charge is 0.338 e. The molecule has 0 radical (unpaired) electrons. The molecule has 6 nitrogen and oxygen atoms in total. The summed E-state index contributed by atoms with van der Waals surface area (Å²) in [5.41, 5.74) is 6.26. The van der Waals surface area contributed by atoms with Gasteiger partial charge < -0.3 is 15.2 Å². The third-order valence-corrected chi connectivity index (χ3v) is 3.87. The van der Waals surface area contributed by atoms with Gasteiger partial charge in [0, 0.05) is 25.0 Å². The molecule has 0 spiro atoms. The van der Waals surface area contributed by atoms with Crippen molar-refractivity contribution in [3.63, 3.8) is 0 Å². The highest BCUT2D eigenvalue weighted by Crippen LogP contribution is 2.23. The number of piperidine rings is 1. The predicted molar refractivity (Wildman–Crippen MR) is 69.4 cm³/mol.